The van der Waals surface area contributed by atoms with Crippen molar-refractivity contribution < 1.29 is 24.0 Å². The molecule has 0 fully saturated rings. The molecule has 160 valence electrons. The third-order valence-corrected chi connectivity index (χ3v) is 4.40. The molecule has 0 spiro atoms. The van der Waals surface area contributed by atoms with Gasteiger partial charge in [-0.2, -0.15) is 0 Å². The first-order valence-corrected chi connectivity index (χ1v) is 9.24. The van der Waals surface area contributed by atoms with Gasteiger partial charge in [-0.3, -0.25) is 14.8 Å². The summed E-state index contributed by atoms with van der Waals surface area (Å²) in [6.07, 6.45) is 0.681. The van der Waals surface area contributed by atoms with Crippen molar-refractivity contribution in [3.63, 3.8) is 0 Å². The van der Waals surface area contributed by atoms with E-state index in [0.29, 0.717) is 35.6 Å². The molecular formula is C21H24ClN3O5. The van der Waals surface area contributed by atoms with Crippen LogP contribution in [0.4, 0.5) is 0 Å². The molecule has 0 bridgehead atoms. The van der Waals surface area contributed by atoms with Gasteiger partial charge >= 0.3 is 0 Å². The molecule has 0 atom stereocenters. The maximum atomic E-state index is 12.6. The molecule has 3 aromatic rings. The number of amides is 2. The summed E-state index contributed by atoms with van der Waals surface area (Å²) in [7, 11) is 1.86. The molecule has 4 N–H and O–H groups in total. The summed E-state index contributed by atoms with van der Waals surface area (Å²) in [5.74, 6) is -0.0115. The fraction of sp³-hybridized carbons (Fsp3) is 0.238. The Morgan fingerprint density at radius 3 is 2.47 bits per heavy atom. The number of nitrogens with one attached hydrogen (secondary N) is 3. The molecule has 0 aliphatic heterocycles. The molecule has 2 amide bonds. The van der Waals surface area contributed by atoms with Gasteiger partial charge in [0.25, 0.3) is 11.8 Å². The van der Waals surface area contributed by atoms with Crippen LogP contribution in [0.2, 0.25) is 0 Å². The Bertz CT molecular complexity index is 988. The summed E-state index contributed by atoms with van der Waals surface area (Å²) in [5, 5.41) is 15.4. The molecular weight excluding hydrogens is 410 g/mol. The Morgan fingerprint density at radius 1 is 1.03 bits per heavy atom. The normalized spacial score (nSPS) is 10.3. The molecule has 0 saturated heterocycles. The van der Waals surface area contributed by atoms with E-state index in [0.717, 1.165) is 17.5 Å². The Hall–Kier alpha value is -3.07. The highest BCUT2D eigenvalue weighted by molar-refractivity contribution is 5.99. The predicted molar refractivity (Wildman–Crippen MR) is 115 cm³/mol. The van der Waals surface area contributed by atoms with Crippen LogP contribution < -0.4 is 20.9 Å². The van der Waals surface area contributed by atoms with Gasteiger partial charge in [0, 0.05) is 16.5 Å². The van der Waals surface area contributed by atoms with Crippen LogP contribution in [0.25, 0.3) is 11.0 Å². The van der Waals surface area contributed by atoms with Gasteiger partial charge in [0.15, 0.2) is 5.76 Å². The summed E-state index contributed by atoms with van der Waals surface area (Å²) in [6.45, 7) is 1.28. The zero-order valence-corrected chi connectivity index (χ0v) is 17.3. The van der Waals surface area contributed by atoms with Crippen molar-refractivity contribution in [1.29, 1.82) is 0 Å². The molecule has 0 aliphatic carbocycles. The van der Waals surface area contributed by atoms with Gasteiger partial charge < -0.3 is 19.8 Å². The van der Waals surface area contributed by atoms with E-state index in [1.54, 1.807) is 17.6 Å². The molecule has 0 aliphatic rings. The molecule has 1 heterocycles. The van der Waals surface area contributed by atoms with Crippen LogP contribution in [0.5, 0.6) is 5.75 Å². The van der Waals surface area contributed by atoms with Crippen LogP contribution in [0.1, 0.15) is 26.5 Å². The molecule has 30 heavy (non-hydrogen) atoms. The van der Waals surface area contributed by atoms with Gasteiger partial charge in [-0.15, -0.1) is 12.4 Å². The Labute approximate surface area is 180 Å². The average Bonchev–Trinajstić information content (AvgIpc) is 3.13. The van der Waals surface area contributed by atoms with E-state index in [1.807, 2.05) is 31.3 Å². The van der Waals surface area contributed by atoms with Crippen LogP contribution in [0.3, 0.4) is 0 Å². The number of hydrogen-bond acceptors (Lipinski definition) is 6. The van der Waals surface area contributed by atoms with E-state index in [1.165, 1.54) is 12.1 Å². The zero-order chi connectivity index (χ0) is 20.6. The molecule has 1 aromatic heterocycles. The summed E-state index contributed by atoms with van der Waals surface area (Å²) in [4.78, 5) is 23.9. The number of para-hydroxylation sites is 1. The first-order chi connectivity index (χ1) is 14.1. The summed E-state index contributed by atoms with van der Waals surface area (Å²) in [5.41, 5.74) is 3.45. The molecule has 8 nitrogen and oxygen atoms in total. The molecule has 2 aromatic carbocycles. The summed E-state index contributed by atoms with van der Waals surface area (Å²) in [6, 6.07) is 13.9. The fourth-order valence-electron chi connectivity index (χ4n) is 2.96. The smallest absolute Gasteiger partial charge is 0.287 e. The number of hydrogen-bond donors (Lipinski definition) is 4. The number of fused-ring (bicyclic) bond motifs is 1. The third kappa shape index (κ3) is 5.50. The number of rotatable bonds is 9. The van der Waals surface area contributed by atoms with Gasteiger partial charge in [0.1, 0.15) is 17.9 Å². The van der Waals surface area contributed by atoms with Crippen LogP contribution in [-0.4, -0.2) is 43.8 Å². The van der Waals surface area contributed by atoms with E-state index in [-0.39, 0.29) is 24.9 Å². The maximum Gasteiger partial charge on any atom is 0.287 e. The molecule has 0 radical (unpaired) electrons. The molecule has 0 saturated carbocycles. The van der Waals surface area contributed by atoms with Crippen molar-refractivity contribution >= 4 is 35.2 Å². The lowest BCUT2D eigenvalue weighted by Crippen LogP contribution is -2.28. The number of likely N-dealkylation sites (N-methyl/N-ethyl adjacent to an activating group) is 1. The number of carbonyl (C=O) groups is 2. The Morgan fingerprint density at radius 2 is 1.77 bits per heavy atom. The van der Waals surface area contributed by atoms with E-state index < -0.39 is 5.91 Å². The lowest BCUT2D eigenvalue weighted by Gasteiger charge is -2.08. The van der Waals surface area contributed by atoms with Gasteiger partial charge in [-0.25, -0.2) is 5.48 Å². The summed E-state index contributed by atoms with van der Waals surface area (Å²) < 4.78 is 11.3. The van der Waals surface area contributed by atoms with Gasteiger partial charge in [0.05, 0.1) is 6.54 Å². The summed E-state index contributed by atoms with van der Waals surface area (Å²) >= 11 is 0. The Balaban J connectivity index is 0.00000320. The molecule has 3 rings (SSSR count). The second-order valence-electron chi connectivity index (χ2n) is 6.33. The Kier molecular flexibility index (Phi) is 8.67. The van der Waals surface area contributed by atoms with Gasteiger partial charge in [-0.1, -0.05) is 18.2 Å². The van der Waals surface area contributed by atoms with Crippen molar-refractivity contribution in [1.82, 2.24) is 16.1 Å². The number of halogens is 1. The van der Waals surface area contributed by atoms with Crippen LogP contribution in [-0.2, 0) is 6.42 Å². The van der Waals surface area contributed by atoms with Crippen molar-refractivity contribution in [2.24, 2.45) is 0 Å². The zero-order valence-electron chi connectivity index (χ0n) is 16.4. The van der Waals surface area contributed by atoms with E-state index in [2.05, 4.69) is 10.6 Å². The average molecular weight is 434 g/mol. The van der Waals surface area contributed by atoms with Crippen LogP contribution in [0, 0.1) is 0 Å². The molecule has 0 unspecified atom stereocenters. The number of carbonyl (C=O) groups excluding carboxylic acids is 2. The lowest BCUT2D eigenvalue weighted by molar-refractivity contribution is 0.0706. The quantitative estimate of drug-likeness (QED) is 0.234. The largest absolute Gasteiger partial charge is 0.492 e. The third-order valence-electron chi connectivity index (χ3n) is 4.40. The fourth-order valence-corrected chi connectivity index (χ4v) is 2.96. The van der Waals surface area contributed by atoms with Crippen LogP contribution >= 0.6 is 12.4 Å². The predicted octanol–water partition coefficient (Wildman–Crippen LogP) is 2.54. The number of benzene rings is 2. The van der Waals surface area contributed by atoms with Gasteiger partial charge in [-0.05, 0) is 50.3 Å². The van der Waals surface area contributed by atoms with Crippen molar-refractivity contribution in [2.45, 2.75) is 6.42 Å². The van der Waals surface area contributed by atoms with Crippen molar-refractivity contribution in [3.8, 4) is 5.75 Å². The second kappa shape index (κ2) is 11.2. The lowest BCUT2D eigenvalue weighted by atomic mass is 10.1. The van der Waals surface area contributed by atoms with E-state index in [9.17, 15) is 9.59 Å². The monoisotopic (exact) mass is 433 g/mol. The number of furan rings is 1. The molecule has 9 heteroatoms. The number of ether oxygens (including phenoxy) is 1. The second-order valence-corrected chi connectivity index (χ2v) is 6.33. The minimum Gasteiger partial charge on any atom is -0.492 e. The topological polar surface area (TPSA) is 113 Å². The standard InChI is InChI=1S/C21H23N3O5.ClH/c1-22-11-10-17-16-4-2-3-5-18(16)29-19(17)21(26)23-12-13-28-15-8-6-14(7-9-15)20(25)24-27;/h2-9,22,27H,10-13H2,1H3,(H,23,26)(H,24,25);1H. The first kappa shape index (κ1) is 23.2. The minimum absolute atomic E-state index is 0. The van der Waals surface area contributed by atoms with Crippen LogP contribution in [0.15, 0.2) is 52.9 Å². The highest BCUT2D eigenvalue weighted by Crippen LogP contribution is 2.26. The first-order valence-electron chi connectivity index (χ1n) is 9.24. The van der Waals surface area contributed by atoms with Gasteiger partial charge in [0.2, 0.25) is 0 Å². The maximum absolute atomic E-state index is 12.6. The number of hydroxylamine groups is 1. The van der Waals surface area contributed by atoms with E-state index >= 15 is 0 Å². The van der Waals surface area contributed by atoms with E-state index in [4.69, 9.17) is 14.4 Å². The van der Waals surface area contributed by atoms with Crippen molar-refractivity contribution in [2.75, 3.05) is 26.7 Å². The highest BCUT2D eigenvalue weighted by Gasteiger charge is 2.19. The SMILES string of the molecule is CNCCc1c(C(=O)NCCOc2ccc(C(=O)NO)cc2)oc2ccccc12.Cl. The van der Waals surface area contributed by atoms with Crippen molar-refractivity contribution in [3.05, 3.63) is 65.4 Å². The minimum atomic E-state index is -0.594. The highest BCUT2D eigenvalue weighted by atomic mass is 35.5.